The number of carboxylic acid groups (broad SMARTS) is 1. The van der Waals surface area contributed by atoms with Gasteiger partial charge in [0.25, 0.3) is 6.29 Å². The lowest BCUT2D eigenvalue weighted by molar-refractivity contribution is -0.870. The largest absolute Gasteiger partial charge is 0.477 e. The average Bonchev–Trinajstić information content (AvgIpc) is 3.59. The first-order chi connectivity index (χ1) is 42.6. The second kappa shape index (κ2) is 68.9. The molecule has 0 aromatic carbocycles. The topological polar surface area (TPSA) is 108 Å². The number of carbonyl (C=O) groups is 3. The third kappa shape index (κ3) is 70.3. The molecular weight excluding hydrogens is 1080 g/mol. The normalized spacial score (nSPS) is 13.0. The number of quaternary nitrogens is 1. The zero-order valence-electron chi connectivity index (χ0n) is 58.2. The third-order valence-corrected chi connectivity index (χ3v) is 16.8. The van der Waals surface area contributed by atoms with Crippen LogP contribution >= 0.6 is 0 Å². The van der Waals surface area contributed by atoms with Crippen LogP contribution in [0, 0.1) is 0 Å². The summed E-state index contributed by atoms with van der Waals surface area (Å²) in [5.41, 5.74) is 0. The molecule has 0 aliphatic rings. The van der Waals surface area contributed by atoms with Gasteiger partial charge in [0.05, 0.1) is 34.4 Å². The molecule has 0 aromatic rings. The van der Waals surface area contributed by atoms with E-state index in [1.165, 1.54) is 250 Å². The summed E-state index contributed by atoms with van der Waals surface area (Å²) in [6.45, 7) is 4.81. The Morgan fingerprint density at radius 1 is 0.356 bits per heavy atom. The van der Waals surface area contributed by atoms with E-state index in [4.69, 9.17) is 18.9 Å². The lowest BCUT2D eigenvalue weighted by atomic mass is 10.0. The number of hydrogen-bond donors (Lipinski definition) is 1. The van der Waals surface area contributed by atoms with E-state index in [0.717, 1.165) is 77.0 Å². The number of allylic oxidation sites excluding steroid dienone is 10. The second-order valence-corrected chi connectivity index (χ2v) is 26.6. The molecule has 508 valence electrons. The number of nitrogens with zero attached hydrogens (tertiary/aromatic N) is 1. The number of carboxylic acids is 1. The molecule has 2 atom stereocenters. The maximum Gasteiger partial charge on any atom is 0.361 e. The highest BCUT2D eigenvalue weighted by molar-refractivity contribution is 5.71. The van der Waals surface area contributed by atoms with Gasteiger partial charge in [0.1, 0.15) is 13.2 Å². The summed E-state index contributed by atoms with van der Waals surface area (Å²) in [7, 11) is 5.98. The van der Waals surface area contributed by atoms with Crippen molar-refractivity contribution in [2.24, 2.45) is 0 Å². The molecule has 1 N–H and O–H groups in total. The van der Waals surface area contributed by atoms with Crippen molar-refractivity contribution in [2.45, 2.75) is 373 Å². The van der Waals surface area contributed by atoms with E-state index < -0.39 is 24.3 Å². The highest BCUT2D eigenvalue weighted by Gasteiger charge is 2.25. The van der Waals surface area contributed by atoms with Crippen LogP contribution in [0.1, 0.15) is 361 Å². The summed E-state index contributed by atoms with van der Waals surface area (Å²) in [6.07, 6.45) is 88.0. The Hall–Kier alpha value is -3.01. The van der Waals surface area contributed by atoms with Gasteiger partial charge in [-0.3, -0.25) is 9.59 Å². The molecular formula is C78H144NO8+. The van der Waals surface area contributed by atoms with Crippen molar-refractivity contribution in [2.75, 3.05) is 47.5 Å². The highest BCUT2D eigenvalue weighted by Crippen LogP contribution is 2.19. The van der Waals surface area contributed by atoms with Gasteiger partial charge in [-0.05, 0) is 57.8 Å². The molecule has 0 saturated heterocycles. The first kappa shape index (κ1) is 84.0. The molecule has 0 radical (unpaired) electrons. The van der Waals surface area contributed by atoms with E-state index in [2.05, 4.69) is 74.6 Å². The van der Waals surface area contributed by atoms with Gasteiger partial charge in [0, 0.05) is 12.8 Å². The molecule has 87 heavy (non-hydrogen) atoms. The molecule has 0 rings (SSSR count). The number of aliphatic carboxylic acids is 1. The molecule has 0 spiro atoms. The molecule has 0 aromatic heterocycles. The number of unbranched alkanes of at least 4 members (excludes halogenated alkanes) is 45. The molecule has 0 aliphatic heterocycles. The van der Waals surface area contributed by atoms with E-state index in [1.807, 2.05) is 21.1 Å². The zero-order valence-corrected chi connectivity index (χ0v) is 58.2. The Balaban J connectivity index is 4.00. The van der Waals surface area contributed by atoms with Crippen LogP contribution in [0.15, 0.2) is 60.8 Å². The minimum absolute atomic E-state index is 0.183. The highest BCUT2D eigenvalue weighted by atomic mass is 16.7. The minimum Gasteiger partial charge on any atom is -0.477 e. The first-order valence-corrected chi connectivity index (χ1v) is 37.5. The lowest BCUT2D eigenvalue weighted by Gasteiger charge is -2.25. The molecule has 9 heteroatoms. The van der Waals surface area contributed by atoms with Crippen molar-refractivity contribution in [3.8, 4) is 0 Å². The number of hydrogen-bond acceptors (Lipinski definition) is 7. The minimum atomic E-state index is -1.51. The molecule has 0 amide bonds. The van der Waals surface area contributed by atoms with Gasteiger partial charge in [-0.1, -0.05) is 351 Å². The van der Waals surface area contributed by atoms with Crippen LogP contribution in [0.25, 0.3) is 0 Å². The monoisotopic (exact) mass is 1220 g/mol. The molecule has 9 nitrogen and oxygen atoms in total. The quantitative estimate of drug-likeness (QED) is 0.0211. The lowest BCUT2D eigenvalue weighted by Crippen LogP contribution is -2.40. The third-order valence-electron chi connectivity index (χ3n) is 16.8. The van der Waals surface area contributed by atoms with Crippen molar-refractivity contribution < 1.29 is 42.9 Å². The molecule has 0 aliphatic carbocycles. The molecule has 0 saturated carbocycles. The van der Waals surface area contributed by atoms with E-state index >= 15 is 0 Å². The predicted octanol–water partition coefficient (Wildman–Crippen LogP) is 23.5. The molecule has 0 bridgehead atoms. The Morgan fingerprint density at radius 2 is 0.655 bits per heavy atom. The van der Waals surface area contributed by atoms with Crippen molar-refractivity contribution >= 4 is 17.9 Å². The fourth-order valence-corrected chi connectivity index (χ4v) is 11.1. The average molecular weight is 1220 g/mol. The number of rotatable bonds is 70. The maximum atomic E-state index is 12.9. The summed E-state index contributed by atoms with van der Waals surface area (Å²) >= 11 is 0. The summed E-state index contributed by atoms with van der Waals surface area (Å²) in [4.78, 5) is 37.6. The van der Waals surface area contributed by atoms with E-state index in [-0.39, 0.29) is 32.2 Å². The standard InChI is InChI=1S/C78H143NO8/c1-6-8-10-12-14-16-18-20-22-24-26-28-30-32-33-34-35-36-37-38-39-40-41-42-43-45-46-48-50-52-54-56-58-60-62-64-66-68-75(80)85-72-74(73-86-78(77(82)83)84-71-70-79(3,4)5)87-76(81)69-67-65-63-61-59-57-55-53-51-49-47-44-31-29-27-25-23-21-19-17-15-13-11-9-7-2/h9,11,15,17,21,23,27,29,44,47,74,78H,6-8,10,12-14,16,18-20,22,24-26,28,30-43,45-46,48-73H2,1-5H3/p+1/b11-9-,17-15-,23-21-,29-27-,47-44-. The van der Waals surface area contributed by atoms with Gasteiger partial charge in [-0.15, -0.1) is 0 Å². The van der Waals surface area contributed by atoms with Gasteiger partial charge in [-0.2, -0.15) is 0 Å². The molecule has 0 heterocycles. The summed E-state index contributed by atoms with van der Waals surface area (Å²) in [5, 5.41) is 9.75. The number of likely N-dealkylation sites (N-methyl/N-ethyl adjacent to an activating group) is 1. The van der Waals surface area contributed by atoms with Crippen molar-refractivity contribution in [3.05, 3.63) is 60.8 Å². The van der Waals surface area contributed by atoms with Gasteiger partial charge in [0.15, 0.2) is 6.10 Å². The van der Waals surface area contributed by atoms with E-state index in [1.54, 1.807) is 0 Å². The Morgan fingerprint density at radius 3 is 0.977 bits per heavy atom. The van der Waals surface area contributed by atoms with Crippen LogP contribution in [0.2, 0.25) is 0 Å². The van der Waals surface area contributed by atoms with Crippen molar-refractivity contribution in [1.82, 2.24) is 0 Å². The Kier molecular flexibility index (Phi) is 66.5. The number of carbonyl (C=O) groups excluding carboxylic acids is 2. The van der Waals surface area contributed by atoms with Gasteiger partial charge >= 0.3 is 17.9 Å². The summed E-state index contributed by atoms with van der Waals surface area (Å²) < 4.78 is 23.0. The smallest absolute Gasteiger partial charge is 0.361 e. The SMILES string of the molecule is CC/C=C\C/C=C\C/C=C\C/C=C\C/C=C\CCCCCCCCCCCC(=O)OC(COC(=O)CCCCCCCCCCCCCCCCCCCCCCCCCCCCCCCCCCCCCCC)COC(OCC[N+](C)(C)C)C(=O)O. The molecule has 2 unspecified atom stereocenters. The van der Waals surface area contributed by atoms with Crippen LogP contribution in [0.5, 0.6) is 0 Å². The van der Waals surface area contributed by atoms with Gasteiger partial charge in [0.2, 0.25) is 0 Å². The van der Waals surface area contributed by atoms with E-state index in [9.17, 15) is 19.5 Å². The zero-order chi connectivity index (χ0) is 63.3. The fourth-order valence-electron chi connectivity index (χ4n) is 11.1. The predicted molar refractivity (Wildman–Crippen MR) is 373 cm³/mol. The fraction of sp³-hybridized carbons (Fsp3) is 0.833. The van der Waals surface area contributed by atoms with Crippen LogP contribution in [0.4, 0.5) is 0 Å². The summed E-state index contributed by atoms with van der Waals surface area (Å²) in [5.74, 6) is -2.00. The molecule has 0 fully saturated rings. The number of esters is 2. The van der Waals surface area contributed by atoms with Gasteiger partial charge < -0.3 is 28.5 Å². The number of ether oxygens (including phenoxy) is 4. The van der Waals surface area contributed by atoms with Crippen LogP contribution in [0.3, 0.4) is 0 Å². The second-order valence-electron chi connectivity index (χ2n) is 26.6. The first-order valence-electron chi connectivity index (χ1n) is 37.5. The summed E-state index contributed by atoms with van der Waals surface area (Å²) in [6, 6.07) is 0. The van der Waals surface area contributed by atoms with Crippen LogP contribution in [-0.4, -0.2) is 87.4 Å². The Labute approximate surface area is 539 Å². The Bertz CT molecular complexity index is 1610. The van der Waals surface area contributed by atoms with Crippen LogP contribution in [-0.2, 0) is 33.3 Å². The maximum absolute atomic E-state index is 12.9. The van der Waals surface area contributed by atoms with Gasteiger partial charge in [-0.25, -0.2) is 4.79 Å². The van der Waals surface area contributed by atoms with Crippen molar-refractivity contribution in [1.29, 1.82) is 0 Å². The van der Waals surface area contributed by atoms with Crippen LogP contribution < -0.4 is 0 Å². The van der Waals surface area contributed by atoms with Crippen molar-refractivity contribution in [3.63, 3.8) is 0 Å². The van der Waals surface area contributed by atoms with E-state index in [0.29, 0.717) is 23.9 Å².